The van der Waals surface area contributed by atoms with Crippen molar-refractivity contribution in [1.82, 2.24) is 4.90 Å². The fourth-order valence-corrected chi connectivity index (χ4v) is 2.09. The fraction of sp³-hybridized carbons (Fsp3) is 0.235. The first-order valence-corrected chi connectivity index (χ1v) is 7.17. The molecule has 2 rings (SSSR count). The van der Waals surface area contributed by atoms with E-state index in [0.717, 1.165) is 11.3 Å². The lowest BCUT2D eigenvalue weighted by molar-refractivity contribution is -0.384. The Labute approximate surface area is 134 Å². The summed E-state index contributed by atoms with van der Waals surface area (Å²) < 4.78 is 5.65. The Morgan fingerprint density at radius 2 is 1.96 bits per heavy atom. The SMILES string of the molecule is Cc1ccccc1OCCN(C)C(=O)c1cccc([N+](=O)[O-])c1. The minimum Gasteiger partial charge on any atom is -0.491 e. The van der Waals surface area contributed by atoms with Crippen LogP contribution >= 0.6 is 0 Å². The van der Waals surface area contributed by atoms with Crippen LogP contribution in [0.2, 0.25) is 0 Å². The number of likely N-dealkylation sites (N-methyl/N-ethyl adjacent to an activating group) is 1. The third kappa shape index (κ3) is 4.29. The van der Waals surface area contributed by atoms with E-state index >= 15 is 0 Å². The number of non-ortho nitro benzene ring substituents is 1. The van der Waals surface area contributed by atoms with Crippen LogP contribution in [0, 0.1) is 17.0 Å². The highest BCUT2D eigenvalue weighted by molar-refractivity contribution is 5.94. The van der Waals surface area contributed by atoms with Gasteiger partial charge in [0.2, 0.25) is 0 Å². The normalized spacial score (nSPS) is 10.2. The lowest BCUT2D eigenvalue weighted by Gasteiger charge is -2.18. The number of aryl methyl sites for hydroxylation is 1. The van der Waals surface area contributed by atoms with Gasteiger partial charge in [-0.15, -0.1) is 0 Å². The second-order valence-electron chi connectivity index (χ2n) is 5.15. The maximum Gasteiger partial charge on any atom is 0.270 e. The first-order valence-electron chi connectivity index (χ1n) is 7.17. The van der Waals surface area contributed by atoms with E-state index in [-0.39, 0.29) is 17.2 Å². The number of ether oxygens (including phenoxy) is 1. The summed E-state index contributed by atoms with van der Waals surface area (Å²) in [5, 5.41) is 10.8. The summed E-state index contributed by atoms with van der Waals surface area (Å²) in [5.41, 5.74) is 1.22. The molecule has 0 atom stereocenters. The van der Waals surface area contributed by atoms with E-state index < -0.39 is 4.92 Å². The van der Waals surface area contributed by atoms with Crippen LogP contribution in [0.5, 0.6) is 5.75 Å². The van der Waals surface area contributed by atoms with E-state index in [1.807, 2.05) is 31.2 Å². The number of nitro groups is 1. The fourth-order valence-electron chi connectivity index (χ4n) is 2.09. The van der Waals surface area contributed by atoms with Gasteiger partial charge in [-0.3, -0.25) is 14.9 Å². The van der Waals surface area contributed by atoms with E-state index in [9.17, 15) is 14.9 Å². The van der Waals surface area contributed by atoms with Gasteiger partial charge in [0.05, 0.1) is 11.5 Å². The number of carbonyl (C=O) groups is 1. The van der Waals surface area contributed by atoms with Gasteiger partial charge in [0.15, 0.2) is 0 Å². The van der Waals surface area contributed by atoms with Crippen LogP contribution in [-0.2, 0) is 0 Å². The zero-order valence-electron chi connectivity index (χ0n) is 13.1. The quantitative estimate of drug-likeness (QED) is 0.607. The van der Waals surface area contributed by atoms with Gasteiger partial charge in [0.1, 0.15) is 12.4 Å². The third-order valence-corrected chi connectivity index (χ3v) is 3.43. The minimum absolute atomic E-state index is 0.0968. The van der Waals surface area contributed by atoms with Crippen molar-refractivity contribution in [3.05, 3.63) is 69.8 Å². The summed E-state index contributed by atoms with van der Waals surface area (Å²) in [6, 6.07) is 13.3. The first kappa shape index (κ1) is 16.5. The molecule has 0 heterocycles. The number of hydrogen-bond acceptors (Lipinski definition) is 4. The van der Waals surface area contributed by atoms with Gasteiger partial charge in [-0.05, 0) is 24.6 Å². The molecule has 0 N–H and O–H groups in total. The molecule has 2 aromatic rings. The van der Waals surface area contributed by atoms with Gasteiger partial charge >= 0.3 is 0 Å². The van der Waals surface area contributed by atoms with Crippen LogP contribution in [0.15, 0.2) is 48.5 Å². The predicted molar refractivity (Wildman–Crippen MR) is 86.7 cm³/mol. The Bertz CT molecular complexity index is 715. The largest absolute Gasteiger partial charge is 0.491 e. The first-order chi connectivity index (χ1) is 11.0. The molecule has 0 bridgehead atoms. The lowest BCUT2D eigenvalue weighted by atomic mass is 10.2. The van der Waals surface area contributed by atoms with Crippen molar-refractivity contribution in [2.75, 3.05) is 20.2 Å². The topological polar surface area (TPSA) is 72.7 Å². The lowest BCUT2D eigenvalue weighted by Crippen LogP contribution is -2.30. The smallest absolute Gasteiger partial charge is 0.270 e. The van der Waals surface area contributed by atoms with Crippen LogP contribution in [0.3, 0.4) is 0 Å². The summed E-state index contributed by atoms with van der Waals surface area (Å²) >= 11 is 0. The molecule has 0 radical (unpaired) electrons. The number of nitrogens with zero attached hydrogens (tertiary/aromatic N) is 2. The second kappa shape index (κ2) is 7.40. The molecule has 2 aromatic carbocycles. The molecule has 0 aliphatic carbocycles. The maximum absolute atomic E-state index is 12.3. The second-order valence-corrected chi connectivity index (χ2v) is 5.15. The van der Waals surface area contributed by atoms with Crippen molar-refractivity contribution in [2.24, 2.45) is 0 Å². The standard InChI is InChI=1S/C17H18N2O4/c1-13-6-3-4-9-16(13)23-11-10-18(2)17(20)14-7-5-8-15(12-14)19(21)22/h3-9,12H,10-11H2,1-2H3. The van der Waals surface area contributed by atoms with E-state index in [4.69, 9.17) is 4.74 Å². The Morgan fingerprint density at radius 3 is 2.65 bits per heavy atom. The van der Waals surface area contributed by atoms with Crippen LogP contribution < -0.4 is 4.74 Å². The van der Waals surface area contributed by atoms with E-state index in [2.05, 4.69) is 0 Å². The molecule has 0 unspecified atom stereocenters. The van der Waals surface area contributed by atoms with Crippen molar-refractivity contribution < 1.29 is 14.5 Å². The van der Waals surface area contributed by atoms with E-state index in [0.29, 0.717) is 13.2 Å². The Balaban J connectivity index is 1.94. The molecule has 0 spiro atoms. The summed E-state index contributed by atoms with van der Waals surface area (Å²) in [5.74, 6) is 0.505. The average molecular weight is 314 g/mol. The van der Waals surface area contributed by atoms with Crippen molar-refractivity contribution in [1.29, 1.82) is 0 Å². The third-order valence-electron chi connectivity index (χ3n) is 3.43. The highest BCUT2D eigenvalue weighted by Crippen LogP contribution is 2.17. The van der Waals surface area contributed by atoms with Gasteiger partial charge in [0, 0.05) is 24.7 Å². The summed E-state index contributed by atoms with van der Waals surface area (Å²) in [6.07, 6.45) is 0. The summed E-state index contributed by atoms with van der Waals surface area (Å²) in [7, 11) is 1.64. The number of benzene rings is 2. The Morgan fingerprint density at radius 1 is 1.22 bits per heavy atom. The number of carbonyl (C=O) groups excluding carboxylic acids is 1. The van der Waals surface area contributed by atoms with Crippen molar-refractivity contribution >= 4 is 11.6 Å². The molecule has 0 aliphatic rings. The molecule has 0 fully saturated rings. The Kier molecular flexibility index (Phi) is 5.30. The summed E-state index contributed by atoms with van der Waals surface area (Å²) in [4.78, 5) is 24.0. The number of para-hydroxylation sites is 1. The number of rotatable bonds is 6. The molecule has 23 heavy (non-hydrogen) atoms. The molecule has 1 amide bonds. The van der Waals surface area contributed by atoms with Crippen molar-refractivity contribution in [3.8, 4) is 5.75 Å². The van der Waals surface area contributed by atoms with Gasteiger partial charge < -0.3 is 9.64 Å². The van der Waals surface area contributed by atoms with Gasteiger partial charge in [-0.2, -0.15) is 0 Å². The highest BCUT2D eigenvalue weighted by Gasteiger charge is 2.15. The molecular formula is C17H18N2O4. The maximum atomic E-state index is 12.3. The molecule has 0 saturated carbocycles. The monoisotopic (exact) mass is 314 g/mol. The van der Waals surface area contributed by atoms with Gasteiger partial charge in [0.25, 0.3) is 11.6 Å². The number of amides is 1. The molecule has 0 aliphatic heterocycles. The van der Waals surface area contributed by atoms with Crippen LogP contribution in [0.1, 0.15) is 15.9 Å². The van der Waals surface area contributed by atoms with Gasteiger partial charge in [-0.25, -0.2) is 0 Å². The van der Waals surface area contributed by atoms with Crippen LogP contribution in [0.4, 0.5) is 5.69 Å². The highest BCUT2D eigenvalue weighted by atomic mass is 16.6. The van der Waals surface area contributed by atoms with E-state index in [1.165, 1.54) is 23.1 Å². The number of nitro benzene ring substituents is 1. The van der Waals surface area contributed by atoms with Crippen LogP contribution in [0.25, 0.3) is 0 Å². The van der Waals surface area contributed by atoms with Crippen LogP contribution in [-0.4, -0.2) is 35.9 Å². The van der Waals surface area contributed by atoms with Crippen molar-refractivity contribution in [2.45, 2.75) is 6.92 Å². The summed E-state index contributed by atoms with van der Waals surface area (Å²) in [6.45, 7) is 2.69. The predicted octanol–water partition coefficient (Wildman–Crippen LogP) is 3.05. The zero-order chi connectivity index (χ0) is 16.8. The van der Waals surface area contributed by atoms with Crippen molar-refractivity contribution in [3.63, 3.8) is 0 Å². The van der Waals surface area contributed by atoms with E-state index in [1.54, 1.807) is 13.1 Å². The molecule has 6 nitrogen and oxygen atoms in total. The zero-order valence-corrected chi connectivity index (χ0v) is 13.1. The molecule has 6 heteroatoms. The molecule has 120 valence electrons. The van der Waals surface area contributed by atoms with Gasteiger partial charge in [-0.1, -0.05) is 24.3 Å². The number of hydrogen-bond donors (Lipinski definition) is 0. The Hall–Kier alpha value is -2.89. The molecule has 0 aromatic heterocycles. The average Bonchev–Trinajstić information content (AvgIpc) is 2.56. The molecular weight excluding hydrogens is 296 g/mol. The minimum atomic E-state index is -0.516. The molecule has 0 saturated heterocycles.